The summed E-state index contributed by atoms with van der Waals surface area (Å²) in [6, 6.07) is 11.4. The van der Waals surface area contributed by atoms with Gasteiger partial charge in [-0.25, -0.2) is 4.79 Å². The number of carbonyl (C=O) groups excluding carboxylic acids is 2. The van der Waals surface area contributed by atoms with Gasteiger partial charge in [0.2, 0.25) is 0 Å². The highest BCUT2D eigenvalue weighted by atomic mass is 16.2. The Morgan fingerprint density at radius 1 is 1.04 bits per heavy atom. The highest BCUT2D eigenvalue weighted by Gasteiger charge is 2.22. The number of urea groups is 1. The first-order valence-corrected chi connectivity index (χ1v) is 8.18. The average Bonchev–Trinajstić information content (AvgIpc) is 2.63. The molecule has 0 unspecified atom stereocenters. The predicted octanol–water partition coefficient (Wildman–Crippen LogP) is 1.11. The quantitative estimate of drug-likeness (QED) is 0.876. The SMILES string of the molecule is NC(=O)N1CCC(NC(=O)c2ccc(-n3ccccc3=O)cc2)CC1. The minimum atomic E-state index is -0.420. The van der Waals surface area contributed by atoms with Crippen molar-refractivity contribution in [2.45, 2.75) is 18.9 Å². The molecule has 0 atom stereocenters. The number of amides is 3. The number of benzene rings is 1. The molecule has 3 N–H and O–H groups in total. The second-order valence-corrected chi connectivity index (χ2v) is 6.03. The van der Waals surface area contributed by atoms with Crippen LogP contribution in [0.25, 0.3) is 5.69 Å². The van der Waals surface area contributed by atoms with Crippen molar-refractivity contribution < 1.29 is 9.59 Å². The monoisotopic (exact) mass is 340 g/mol. The topological polar surface area (TPSA) is 97.4 Å². The summed E-state index contributed by atoms with van der Waals surface area (Å²) in [6.45, 7) is 1.10. The molecular weight excluding hydrogens is 320 g/mol. The van der Waals surface area contributed by atoms with Crippen molar-refractivity contribution in [2.75, 3.05) is 13.1 Å². The minimum Gasteiger partial charge on any atom is -0.351 e. The molecule has 1 aliphatic heterocycles. The number of aromatic nitrogens is 1. The van der Waals surface area contributed by atoms with Crippen molar-refractivity contribution in [3.8, 4) is 5.69 Å². The summed E-state index contributed by atoms with van der Waals surface area (Å²) < 4.78 is 1.52. The molecule has 130 valence electrons. The maximum Gasteiger partial charge on any atom is 0.314 e. The van der Waals surface area contributed by atoms with Crippen LogP contribution in [0.3, 0.4) is 0 Å². The van der Waals surface area contributed by atoms with E-state index < -0.39 is 6.03 Å². The molecule has 2 heterocycles. The van der Waals surface area contributed by atoms with Crippen molar-refractivity contribution in [1.29, 1.82) is 0 Å². The number of carbonyl (C=O) groups is 2. The molecular formula is C18H20N4O3. The summed E-state index contributed by atoms with van der Waals surface area (Å²) in [4.78, 5) is 36.9. The summed E-state index contributed by atoms with van der Waals surface area (Å²) in [5.41, 5.74) is 6.37. The second kappa shape index (κ2) is 7.21. The third-order valence-electron chi connectivity index (χ3n) is 4.37. The van der Waals surface area contributed by atoms with Crippen LogP contribution in [0, 0.1) is 0 Å². The molecule has 1 aromatic heterocycles. The molecule has 3 rings (SSSR count). The van der Waals surface area contributed by atoms with Gasteiger partial charge < -0.3 is 16.0 Å². The van der Waals surface area contributed by atoms with Gasteiger partial charge in [0.15, 0.2) is 0 Å². The van der Waals surface area contributed by atoms with Gasteiger partial charge in [-0.15, -0.1) is 0 Å². The number of nitrogens with zero attached hydrogens (tertiary/aromatic N) is 2. The average molecular weight is 340 g/mol. The molecule has 1 saturated heterocycles. The van der Waals surface area contributed by atoms with Gasteiger partial charge in [-0.2, -0.15) is 0 Å². The third kappa shape index (κ3) is 3.88. The predicted molar refractivity (Wildman–Crippen MR) is 93.7 cm³/mol. The number of pyridine rings is 1. The van der Waals surface area contributed by atoms with Gasteiger partial charge in [-0.05, 0) is 43.2 Å². The van der Waals surface area contributed by atoms with E-state index in [0.717, 1.165) is 0 Å². The first kappa shape index (κ1) is 16.8. The van der Waals surface area contributed by atoms with Crippen LogP contribution < -0.4 is 16.6 Å². The van der Waals surface area contributed by atoms with E-state index in [-0.39, 0.29) is 17.5 Å². The Morgan fingerprint density at radius 2 is 1.72 bits per heavy atom. The fourth-order valence-electron chi connectivity index (χ4n) is 2.93. The summed E-state index contributed by atoms with van der Waals surface area (Å²) in [5.74, 6) is -0.163. The fourth-order valence-corrected chi connectivity index (χ4v) is 2.93. The van der Waals surface area contributed by atoms with E-state index in [1.54, 1.807) is 47.5 Å². The van der Waals surface area contributed by atoms with Crippen LogP contribution in [0.4, 0.5) is 4.79 Å². The number of nitrogens with one attached hydrogen (secondary N) is 1. The zero-order chi connectivity index (χ0) is 17.8. The Bertz CT molecular complexity index is 821. The Balaban J connectivity index is 1.63. The van der Waals surface area contributed by atoms with Crippen LogP contribution in [0.5, 0.6) is 0 Å². The van der Waals surface area contributed by atoms with Gasteiger partial charge in [0.1, 0.15) is 0 Å². The number of primary amides is 1. The normalized spacial score (nSPS) is 15.0. The minimum absolute atomic E-state index is 0.0273. The maximum absolute atomic E-state index is 12.4. The van der Waals surface area contributed by atoms with Crippen LogP contribution in [0.1, 0.15) is 23.2 Å². The summed E-state index contributed by atoms with van der Waals surface area (Å²) in [7, 11) is 0. The van der Waals surface area contributed by atoms with E-state index in [2.05, 4.69) is 5.32 Å². The van der Waals surface area contributed by atoms with Gasteiger partial charge in [-0.3, -0.25) is 14.2 Å². The van der Waals surface area contributed by atoms with Gasteiger partial charge >= 0.3 is 6.03 Å². The lowest BCUT2D eigenvalue weighted by molar-refractivity contribution is 0.0919. The number of rotatable bonds is 3. The highest BCUT2D eigenvalue weighted by molar-refractivity contribution is 5.94. The molecule has 0 saturated carbocycles. The summed E-state index contributed by atoms with van der Waals surface area (Å²) in [5, 5.41) is 2.98. The summed E-state index contributed by atoms with van der Waals surface area (Å²) >= 11 is 0. The van der Waals surface area contributed by atoms with Gasteiger partial charge in [0.25, 0.3) is 11.5 Å². The fraction of sp³-hybridized carbons (Fsp3) is 0.278. The van der Waals surface area contributed by atoms with E-state index >= 15 is 0 Å². The number of hydrogen-bond donors (Lipinski definition) is 2. The van der Waals surface area contributed by atoms with Crippen LogP contribution >= 0.6 is 0 Å². The zero-order valence-corrected chi connectivity index (χ0v) is 13.7. The number of likely N-dealkylation sites (tertiary alicyclic amines) is 1. The summed E-state index contributed by atoms with van der Waals surface area (Å²) in [6.07, 6.45) is 3.06. The Morgan fingerprint density at radius 3 is 2.32 bits per heavy atom. The molecule has 0 bridgehead atoms. The first-order chi connectivity index (χ1) is 12.0. The Labute approximate surface area is 145 Å². The van der Waals surface area contributed by atoms with E-state index in [1.807, 2.05) is 0 Å². The lowest BCUT2D eigenvalue weighted by atomic mass is 10.0. The Hall–Kier alpha value is -3.09. The molecule has 0 radical (unpaired) electrons. The molecule has 3 amide bonds. The van der Waals surface area contributed by atoms with Crippen LogP contribution in [-0.2, 0) is 0 Å². The van der Waals surface area contributed by atoms with Crippen LogP contribution in [0.15, 0.2) is 53.5 Å². The number of nitrogens with two attached hydrogens (primary N) is 1. The van der Waals surface area contributed by atoms with Gasteiger partial charge in [-0.1, -0.05) is 6.07 Å². The molecule has 2 aromatic rings. The van der Waals surface area contributed by atoms with Gasteiger partial charge in [0, 0.05) is 42.6 Å². The van der Waals surface area contributed by atoms with Crippen LogP contribution in [-0.4, -0.2) is 40.5 Å². The largest absolute Gasteiger partial charge is 0.351 e. The lowest BCUT2D eigenvalue weighted by Gasteiger charge is -2.31. The van der Waals surface area contributed by atoms with Crippen molar-refractivity contribution >= 4 is 11.9 Å². The zero-order valence-electron chi connectivity index (χ0n) is 13.7. The maximum atomic E-state index is 12.4. The van der Waals surface area contributed by atoms with Crippen molar-refractivity contribution in [2.24, 2.45) is 5.73 Å². The molecule has 1 aliphatic rings. The lowest BCUT2D eigenvalue weighted by Crippen LogP contribution is -2.48. The molecule has 25 heavy (non-hydrogen) atoms. The van der Waals surface area contributed by atoms with E-state index in [1.165, 1.54) is 10.6 Å². The number of hydrogen-bond acceptors (Lipinski definition) is 3. The molecule has 1 aromatic carbocycles. The molecule has 7 nitrogen and oxygen atoms in total. The smallest absolute Gasteiger partial charge is 0.314 e. The van der Waals surface area contributed by atoms with Crippen molar-refractivity contribution in [1.82, 2.24) is 14.8 Å². The standard InChI is InChI=1S/C18H20N4O3/c19-18(25)21-11-8-14(9-12-21)20-17(24)13-4-6-15(7-5-13)22-10-2-1-3-16(22)23/h1-7,10,14H,8-9,11-12H2,(H2,19,25)(H,20,24). The third-order valence-corrected chi connectivity index (χ3v) is 4.37. The number of piperidine rings is 1. The molecule has 1 fully saturated rings. The van der Waals surface area contributed by atoms with E-state index in [9.17, 15) is 14.4 Å². The Kier molecular flexibility index (Phi) is 4.83. The highest BCUT2D eigenvalue weighted by Crippen LogP contribution is 2.12. The molecule has 7 heteroatoms. The van der Waals surface area contributed by atoms with Crippen molar-refractivity contribution in [3.63, 3.8) is 0 Å². The van der Waals surface area contributed by atoms with Crippen LogP contribution in [0.2, 0.25) is 0 Å². The van der Waals surface area contributed by atoms with E-state index in [4.69, 9.17) is 5.73 Å². The van der Waals surface area contributed by atoms with E-state index in [0.29, 0.717) is 37.2 Å². The molecule has 0 aliphatic carbocycles. The first-order valence-electron chi connectivity index (χ1n) is 8.18. The second-order valence-electron chi connectivity index (χ2n) is 6.03. The van der Waals surface area contributed by atoms with Gasteiger partial charge in [0.05, 0.1) is 0 Å². The molecule has 0 spiro atoms. The van der Waals surface area contributed by atoms with Crippen molar-refractivity contribution in [3.05, 3.63) is 64.6 Å².